The Balaban J connectivity index is 1.43. The molecule has 0 saturated carbocycles. The first-order valence-corrected chi connectivity index (χ1v) is 9.98. The van der Waals surface area contributed by atoms with Crippen LogP contribution in [0.4, 0.5) is 11.4 Å². The lowest BCUT2D eigenvalue weighted by Crippen LogP contribution is -2.43. The van der Waals surface area contributed by atoms with E-state index in [9.17, 15) is 14.4 Å². The highest BCUT2D eigenvalue weighted by atomic mass is 16.5. The summed E-state index contributed by atoms with van der Waals surface area (Å²) < 4.78 is 5.45. The number of amides is 2. The monoisotopic (exact) mass is 392 g/mol. The second kappa shape index (κ2) is 7.70. The van der Waals surface area contributed by atoms with E-state index in [0.717, 1.165) is 29.8 Å². The maximum absolute atomic E-state index is 13.0. The maximum atomic E-state index is 13.0. The first-order chi connectivity index (χ1) is 14.0. The highest BCUT2D eigenvalue weighted by Gasteiger charge is 2.34. The van der Waals surface area contributed by atoms with Crippen molar-refractivity contribution in [3.05, 3.63) is 59.7 Å². The molecule has 0 aliphatic carbocycles. The summed E-state index contributed by atoms with van der Waals surface area (Å²) in [5, 5.41) is 0. The fourth-order valence-corrected chi connectivity index (χ4v) is 4.07. The Hall–Kier alpha value is -3.15. The number of rotatable bonds is 4. The van der Waals surface area contributed by atoms with E-state index in [1.807, 2.05) is 31.2 Å². The van der Waals surface area contributed by atoms with Crippen molar-refractivity contribution in [3.63, 3.8) is 0 Å². The highest BCUT2D eigenvalue weighted by molar-refractivity contribution is 6.01. The van der Waals surface area contributed by atoms with Gasteiger partial charge in [0.15, 0.2) is 6.10 Å². The van der Waals surface area contributed by atoms with Crippen molar-refractivity contribution in [2.75, 3.05) is 16.3 Å². The van der Waals surface area contributed by atoms with Gasteiger partial charge in [-0.1, -0.05) is 18.2 Å². The number of carbonyl (C=O) groups is 3. The quantitative estimate of drug-likeness (QED) is 0.749. The van der Waals surface area contributed by atoms with Crippen LogP contribution in [0.3, 0.4) is 0 Å². The van der Waals surface area contributed by atoms with Gasteiger partial charge in [-0.25, -0.2) is 4.79 Å². The Morgan fingerprint density at radius 1 is 1.10 bits per heavy atom. The van der Waals surface area contributed by atoms with Crippen molar-refractivity contribution in [1.82, 2.24) is 0 Å². The molecule has 150 valence electrons. The lowest BCUT2D eigenvalue weighted by atomic mass is 10.1. The number of hydrogen-bond donors (Lipinski definition) is 0. The van der Waals surface area contributed by atoms with Crippen LogP contribution < -0.4 is 9.80 Å². The van der Waals surface area contributed by atoms with Crippen molar-refractivity contribution < 1.29 is 19.1 Å². The van der Waals surface area contributed by atoms with Crippen molar-refractivity contribution in [2.45, 2.75) is 45.3 Å². The van der Waals surface area contributed by atoms with E-state index in [-0.39, 0.29) is 17.9 Å². The molecule has 2 atom stereocenters. The van der Waals surface area contributed by atoms with Gasteiger partial charge in [0.2, 0.25) is 5.91 Å². The standard InChI is InChI=1S/C23H24N2O4/c1-15-14-18-6-3-4-7-20(18)25(15)22(27)16(2)29-23(28)17-9-11-19(12-10-17)24-13-5-8-21(24)26/h3-4,6-7,9-12,15-16H,5,8,13-14H2,1-2H3/t15-,16+/m0/s1. The number of para-hydroxylation sites is 1. The van der Waals surface area contributed by atoms with E-state index in [0.29, 0.717) is 18.5 Å². The molecule has 29 heavy (non-hydrogen) atoms. The minimum atomic E-state index is -0.893. The van der Waals surface area contributed by atoms with Crippen LogP contribution in [-0.4, -0.2) is 36.5 Å². The molecule has 1 saturated heterocycles. The average molecular weight is 392 g/mol. The highest BCUT2D eigenvalue weighted by Crippen LogP contribution is 2.32. The number of ether oxygens (including phenoxy) is 1. The van der Waals surface area contributed by atoms with Crippen molar-refractivity contribution in [2.24, 2.45) is 0 Å². The van der Waals surface area contributed by atoms with Gasteiger partial charge < -0.3 is 14.5 Å². The molecule has 6 heteroatoms. The van der Waals surface area contributed by atoms with Crippen LogP contribution in [0.1, 0.15) is 42.6 Å². The molecule has 2 aromatic rings. The fourth-order valence-electron chi connectivity index (χ4n) is 4.07. The number of benzene rings is 2. The SMILES string of the molecule is C[C@@H](OC(=O)c1ccc(N2CCCC2=O)cc1)C(=O)N1c2ccccc2C[C@@H]1C. The third-order valence-electron chi connectivity index (χ3n) is 5.56. The number of esters is 1. The summed E-state index contributed by atoms with van der Waals surface area (Å²) in [4.78, 5) is 40.8. The zero-order chi connectivity index (χ0) is 20.5. The number of carbonyl (C=O) groups excluding carboxylic acids is 3. The van der Waals surface area contributed by atoms with Crippen LogP contribution in [0.25, 0.3) is 0 Å². The summed E-state index contributed by atoms with van der Waals surface area (Å²) in [6.45, 7) is 4.29. The number of anilines is 2. The third kappa shape index (κ3) is 3.62. The third-order valence-corrected chi connectivity index (χ3v) is 5.56. The maximum Gasteiger partial charge on any atom is 0.338 e. The molecule has 4 rings (SSSR count). The molecule has 6 nitrogen and oxygen atoms in total. The van der Waals surface area contributed by atoms with E-state index < -0.39 is 12.1 Å². The van der Waals surface area contributed by atoms with E-state index in [4.69, 9.17) is 4.74 Å². The van der Waals surface area contributed by atoms with Gasteiger partial charge in [-0.2, -0.15) is 0 Å². The van der Waals surface area contributed by atoms with Gasteiger partial charge in [-0.3, -0.25) is 9.59 Å². The molecule has 0 spiro atoms. The predicted octanol–water partition coefficient (Wildman–Crippen LogP) is 3.34. The number of fused-ring (bicyclic) bond motifs is 1. The molecular weight excluding hydrogens is 368 g/mol. The zero-order valence-electron chi connectivity index (χ0n) is 16.6. The van der Waals surface area contributed by atoms with Crippen LogP contribution in [-0.2, 0) is 20.7 Å². The molecule has 2 aliphatic rings. The zero-order valence-corrected chi connectivity index (χ0v) is 16.6. The van der Waals surface area contributed by atoms with Crippen LogP contribution in [0.15, 0.2) is 48.5 Å². The molecule has 0 N–H and O–H groups in total. The van der Waals surface area contributed by atoms with Crippen LogP contribution in [0, 0.1) is 0 Å². The second-order valence-electron chi connectivity index (χ2n) is 7.63. The van der Waals surface area contributed by atoms with E-state index in [1.165, 1.54) is 0 Å². The van der Waals surface area contributed by atoms with Crippen LogP contribution in [0.5, 0.6) is 0 Å². The molecular formula is C23H24N2O4. The summed E-state index contributed by atoms with van der Waals surface area (Å²) >= 11 is 0. The van der Waals surface area contributed by atoms with Crippen LogP contribution in [0.2, 0.25) is 0 Å². The van der Waals surface area contributed by atoms with Gasteiger partial charge in [0.25, 0.3) is 5.91 Å². The molecule has 2 heterocycles. The van der Waals surface area contributed by atoms with E-state index in [1.54, 1.807) is 41.0 Å². The average Bonchev–Trinajstić information content (AvgIpc) is 3.29. The Bertz CT molecular complexity index is 954. The van der Waals surface area contributed by atoms with Gasteiger partial charge >= 0.3 is 5.97 Å². The summed E-state index contributed by atoms with van der Waals surface area (Å²) in [7, 11) is 0. The molecule has 0 unspecified atom stereocenters. The van der Waals surface area contributed by atoms with Gasteiger partial charge in [0.1, 0.15) is 0 Å². The van der Waals surface area contributed by atoms with Crippen molar-refractivity contribution >= 4 is 29.2 Å². The molecule has 2 aromatic carbocycles. The molecule has 0 bridgehead atoms. The smallest absolute Gasteiger partial charge is 0.338 e. The largest absolute Gasteiger partial charge is 0.449 e. The molecule has 2 amide bonds. The first kappa shape index (κ1) is 19.2. The van der Waals surface area contributed by atoms with E-state index in [2.05, 4.69) is 0 Å². The minimum absolute atomic E-state index is 0.0262. The molecule has 0 aromatic heterocycles. The summed E-state index contributed by atoms with van der Waals surface area (Å²) in [6.07, 6.45) is 1.30. The number of hydrogen-bond acceptors (Lipinski definition) is 4. The minimum Gasteiger partial charge on any atom is -0.449 e. The second-order valence-corrected chi connectivity index (χ2v) is 7.63. The Kier molecular flexibility index (Phi) is 5.09. The summed E-state index contributed by atoms with van der Waals surface area (Å²) in [5.41, 5.74) is 3.14. The predicted molar refractivity (Wildman–Crippen MR) is 110 cm³/mol. The Morgan fingerprint density at radius 3 is 2.52 bits per heavy atom. The lowest BCUT2D eigenvalue weighted by Gasteiger charge is -2.26. The first-order valence-electron chi connectivity index (χ1n) is 9.98. The van der Waals surface area contributed by atoms with Crippen molar-refractivity contribution in [1.29, 1.82) is 0 Å². The molecule has 2 aliphatic heterocycles. The summed E-state index contributed by atoms with van der Waals surface area (Å²) in [5.74, 6) is -0.681. The topological polar surface area (TPSA) is 66.9 Å². The summed E-state index contributed by atoms with van der Waals surface area (Å²) in [6, 6.07) is 14.6. The molecule has 0 radical (unpaired) electrons. The van der Waals surface area contributed by atoms with Gasteiger partial charge in [-0.15, -0.1) is 0 Å². The fraction of sp³-hybridized carbons (Fsp3) is 0.348. The van der Waals surface area contributed by atoms with E-state index >= 15 is 0 Å². The lowest BCUT2D eigenvalue weighted by molar-refractivity contribution is -0.126. The Labute approximate surface area is 170 Å². The normalized spacial score (nSPS) is 19.2. The van der Waals surface area contributed by atoms with Gasteiger partial charge in [-0.05, 0) is 62.6 Å². The molecule has 1 fully saturated rings. The Morgan fingerprint density at radius 2 is 1.83 bits per heavy atom. The van der Waals surface area contributed by atoms with Crippen molar-refractivity contribution in [3.8, 4) is 0 Å². The van der Waals surface area contributed by atoms with Gasteiger partial charge in [0.05, 0.1) is 5.56 Å². The van der Waals surface area contributed by atoms with Gasteiger partial charge in [0, 0.05) is 30.4 Å². The number of nitrogens with zero attached hydrogens (tertiary/aromatic N) is 2. The van der Waals surface area contributed by atoms with Crippen LogP contribution >= 0.6 is 0 Å².